The minimum atomic E-state index is -10.7. The van der Waals surface area contributed by atoms with E-state index in [0.29, 0.717) is 5.02 Å². The molecular formula is C11H17ClF7N5O3P2. The number of hydrogen-bond donors (Lipinski definition) is 2. The van der Waals surface area contributed by atoms with Crippen LogP contribution in [0.3, 0.4) is 0 Å². The Balaban J connectivity index is 0.000000543. The van der Waals surface area contributed by atoms with Gasteiger partial charge in [-0.2, -0.15) is 0 Å². The van der Waals surface area contributed by atoms with Crippen molar-refractivity contribution >= 4 is 44.3 Å². The second kappa shape index (κ2) is 8.31. The van der Waals surface area contributed by atoms with E-state index in [1.807, 2.05) is 55.9 Å². The maximum atomic E-state index is 10.4. The van der Waals surface area contributed by atoms with Crippen molar-refractivity contribution in [1.29, 1.82) is 0 Å². The number of benzene rings is 1. The van der Waals surface area contributed by atoms with Crippen LogP contribution in [0.25, 0.3) is 11.0 Å². The van der Waals surface area contributed by atoms with E-state index in [9.17, 15) is 29.4 Å². The summed E-state index contributed by atoms with van der Waals surface area (Å²) < 4.78 is 82.0. The smallest absolute Gasteiger partial charge is 0.299 e. The van der Waals surface area contributed by atoms with Gasteiger partial charge < -0.3 is 0 Å². The van der Waals surface area contributed by atoms with Crippen LogP contribution in [0.15, 0.2) is 18.2 Å². The predicted molar refractivity (Wildman–Crippen MR) is 95.5 cm³/mol. The molecule has 0 amide bonds. The molecule has 0 bridgehead atoms. The van der Waals surface area contributed by atoms with Gasteiger partial charge in [0.2, 0.25) is 0 Å². The van der Waals surface area contributed by atoms with Crippen LogP contribution in [0.1, 0.15) is 0 Å². The SMILES string of the molecule is CN(C)C(n1nnc2cc(Cl)ccc21)=[N+](C)C.F[P-](F)(F)(F)(F)F.O=P(O)(O)F. The molecule has 170 valence electrons. The van der Waals surface area contributed by atoms with E-state index in [1.165, 1.54) is 0 Å². The van der Waals surface area contributed by atoms with Crippen molar-refractivity contribution in [1.82, 2.24) is 19.9 Å². The molecule has 0 radical (unpaired) electrons. The number of fused-ring (bicyclic) bond motifs is 1. The molecule has 0 aliphatic rings. The Morgan fingerprint density at radius 2 is 1.59 bits per heavy atom. The molecule has 18 heteroatoms. The van der Waals surface area contributed by atoms with Crippen LogP contribution in [-0.2, 0) is 4.57 Å². The van der Waals surface area contributed by atoms with Crippen LogP contribution in [0, 0.1) is 0 Å². The second-order valence-corrected chi connectivity index (χ2v) is 8.95. The Kier molecular flexibility index (Phi) is 7.87. The molecule has 8 nitrogen and oxygen atoms in total. The molecule has 0 aliphatic heterocycles. The number of halogens is 8. The van der Waals surface area contributed by atoms with Gasteiger partial charge in [-0.25, -0.2) is 4.57 Å². The Morgan fingerprint density at radius 1 is 1.17 bits per heavy atom. The van der Waals surface area contributed by atoms with Crippen LogP contribution in [-0.4, -0.2) is 68.4 Å². The Hall–Kier alpha value is -1.53. The Bertz CT molecular complexity index is 920. The summed E-state index contributed by atoms with van der Waals surface area (Å²) in [6.45, 7) is 0. The fraction of sp³-hybridized carbons (Fsp3) is 0.364. The van der Waals surface area contributed by atoms with Crippen molar-refractivity contribution in [3.05, 3.63) is 23.2 Å². The molecule has 0 saturated heterocycles. The molecule has 1 aromatic carbocycles. The fourth-order valence-electron chi connectivity index (χ4n) is 1.82. The average molecular weight is 498 g/mol. The van der Waals surface area contributed by atoms with Gasteiger partial charge in [-0.15, -0.1) is 9.30 Å². The molecule has 2 aromatic rings. The zero-order valence-electron chi connectivity index (χ0n) is 15.2. The van der Waals surface area contributed by atoms with E-state index in [-0.39, 0.29) is 0 Å². The normalized spacial score (nSPS) is 13.9. The monoisotopic (exact) mass is 497 g/mol. The second-order valence-electron chi connectivity index (χ2n) is 5.65. The van der Waals surface area contributed by atoms with Gasteiger partial charge in [0.05, 0.1) is 28.2 Å². The molecule has 0 fully saturated rings. The number of hydrogen-bond acceptors (Lipinski definition) is 3. The van der Waals surface area contributed by atoms with Gasteiger partial charge in [-0.1, -0.05) is 16.3 Å². The zero-order chi connectivity index (χ0) is 23.5. The molecule has 2 N–H and O–H groups in total. The van der Waals surface area contributed by atoms with Crippen molar-refractivity contribution in [3.8, 4) is 0 Å². The molecule has 1 aromatic heterocycles. The van der Waals surface area contributed by atoms with Gasteiger partial charge in [0.15, 0.2) is 5.52 Å². The first kappa shape index (κ1) is 27.5. The quantitative estimate of drug-likeness (QED) is 0.182. The van der Waals surface area contributed by atoms with Crippen molar-refractivity contribution in [2.45, 2.75) is 0 Å². The maximum absolute atomic E-state index is 10.7. The first-order valence-electron chi connectivity index (χ1n) is 7.00. The average Bonchev–Trinajstić information content (AvgIpc) is 2.75. The van der Waals surface area contributed by atoms with Gasteiger partial charge in [0.1, 0.15) is 5.52 Å². The van der Waals surface area contributed by atoms with Crippen LogP contribution in [0.4, 0.5) is 29.4 Å². The van der Waals surface area contributed by atoms with Crippen molar-refractivity contribution in [2.75, 3.05) is 28.2 Å². The predicted octanol–water partition coefficient (Wildman–Crippen LogP) is 4.55. The van der Waals surface area contributed by atoms with Crippen LogP contribution in [0.2, 0.25) is 5.02 Å². The number of rotatable bonds is 0. The molecular weight excluding hydrogens is 481 g/mol. The summed E-state index contributed by atoms with van der Waals surface area (Å²) >= 11 is 5.93. The molecule has 1 heterocycles. The van der Waals surface area contributed by atoms with E-state index < -0.39 is 15.7 Å². The summed E-state index contributed by atoms with van der Waals surface area (Å²) in [7, 11) is -7.91. The van der Waals surface area contributed by atoms with Gasteiger partial charge >= 0.3 is 46.9 Å². The first-order chi connectivity index (χ1) is 12.5. The van der Waals surface area contributed by atoms with Crippen molar-refractivity contribution in [2.24, 2.45) is 0 Å². The van der Waals surface area contributed by atoms with Gasteiger partial charge in [0.25, 0.3) is 0 Å². The fourth-order valence-corrected chi connectivity index (χ4v) is 1.99. The van der Waals surface area contributed by atoms with Gasteiger partial charge in [0, 0.05) is 10.2 Å². The Morgan fingerprint density at radius 3 is 1.93 bits per heavy atom. The minimum absolute atomic E-state index is 0.667. The summed E-state index contributed by atoms with van der Waals surface area (Å²) in [6.07, 6.45) is 0. The van der Waals surface area contributed by atoms with E-state index in [0.717, 1.165) is 17.0 Å². The van der Waals surface area contributed by atoms with E-state index >= 15 is 0 Å². The molecule has 2 rings (SSSR count). The van der Waals surface area contributed by atoms with Crippen LogP contribution < -0.4 is 0 Å². The maximum Gasteiger partial charge on any atom is 0.507 e. The zero-order valence-corrected chi connectivity index (χ0v) is 17.7. The summed E-state index contributed by atoms with van der Waals surface area (Å²) in [6, 6.07) is 5.57. The summed E-state index contributed by atoms with van der Waals surface area (Å²) in [5.41, 5.74) is 1.73. The molecule has 0 atom stereocenters. The third kappa shape index (κ3) is 15.0. The minimum Gasteiger partial charge on any atom is -0.299 e. The summed E-state index contributed by atoms with van der Waals surface area (Å²) in [5.74, 6) is 0.940. The molecule has 0 unspecified atom stereocenters. The Labute approximate surface area is 164 Å². The summed E-state index contributed by atoms with van der Waals surface area (Å²) in [5, 5.41) is 8.95. The van der Waals surface area contributed by atoms with Crippen molar-refractivity contribution < 1.29 is 48.3 Å². The van der Waals surface area contributed by atoms with Crippen LogP contribution in [0.5, 0.6) is 0 Å². The summed E-state index contributed by atoms with van der Waals surface area (Å²) in [4.78, 5) is 15.9. The van der Waals surface area contributed by atoms with E-state index in [1.54, 1.807) is 4.68 Å². The number of aromatic nitrogens is 3. The third-order valence-electron chi connectivity index (χ3n) is 2.40. The topological polar surface area (TPSA) is 94.5 Å². The number of nitrogens with zero attached hydrogens (tertiary/aromatic N) is 5. The van der Waals surface area contributed by atoms with Crippen LogP contribution >= 0.6 is 27.3 Å². The first-order valence-corrected chi connectivity index (χ1v) is 10.9. The molecule has 29 heavy (non-hydrogen) atoms. The molecule has 0 saturated carbocycles. The van der Waals surface area contributed by atoms with E-state index in [4.69, 9.17) is 26.0 Å². The van der Waals surface area contributed by atoms with E-state index in [2.05, 4.69) is 10.3 Å². The molecule has 0 spiro atoms. The van der Waals surface area contributed by atoms with Crippen molar-refractivity contribution in [3.63, 3.8) is 0 Å². The molecule has 0 aliphatic carbocycles. The van der Waals surface area contributed by atoms with Gasteiger partial charge in [-0.3, -0.25) is 19.3 Å². The largest absolute Gasteiger partial charge is 0.507 e. The third-order valence-corrected chi connectivity index (χ3v) is 2.63. The van der Waals surface area contributed by atoms with Gasteiger partial charge in [-0.05, 0) is 18.2 Å². The standard InChI is InChI=1S/C11H15ClN5.F6P.FH2O3P/c1-15(2)11(16(3)4)17-10-6-5-8(12)7-9(10)13-14-17;1-7(2,3,4,5)6;1-5(2,3)4/h5-7H,1-4H3;;(H2,2,3,4)/q+1;-1;.